The topological polar surface area (TPSA) is 107 Å². The molecule has 212 valence electrons. The average Bonchev–Trinajstić information content (AvgIpc) is 2.72. The lowest BCUT2D eigenvalue weighted by molar-refractivity contribution is -0.183. The molecule has 3 unspecified atom stereocenters. The van der Waals surface area contributed by atoms with Crippen LogP contribution in [0.1, 0.15) is 89.5 Å². The van der Waals surface area contributed by atoms with Crippen molar-refractivity contribution in [2.75, 3.05) is 26.4 Å². The van der Waals surface area contributed by atoms with Gasteiger partial charge in [0.25, 0.3) is 0 Å². The second-order valence-electron chi connectivity index (χ2n) is 11.4. The molecular formula is C27H50O9. The van der Waals surface area contributed by atoms with Crippen LogP contribution in [0.5, 0.6) is 0 Å². The summed E-state index contributed by atoms with van der Waals surface area (Å²) in [6, 6.07) is 0. The van der Waals surface area contributed by atoms with E-state index in [0.29, 0.717) is 6.61 Å². The maximum absolute atomic E-state index is 12.8. The molecule has 36 heavy (non-hydrogen) atoms. The van der Waals surface area contributed by atoms with E-state index >= 15 is 0 Å². The summed E-state index contributed by atoms with van der Waals surface area (Å²) in [5, 5.41) is 0. The molecule has 0 heterocycles. The van der Waals surface area contributed by atoms with Crippen LogP contribution in [-0.4, -0.2) is 74.4 Å². The maximum atomic E-state index is 12.8. The molecule has 0 aromatic rings. The first-order valence-electron chi connectivity index (χ1n) is 12.8. The SMILES string of the molecule is CCOC(C)COC(=O)C(C)(C)CC(C)(C)C(=O)OCC(C)OC(C)(C)C(=O)OCC(C)OC(C)C. The minimum atomic E-state index is -1.23. The molecule has 0 aromatic carbocycles. The second-order valence-corrected chi connectivity index (χ2v) is 11.4. The molecule has 0 radical (unpaired) electrons. The third-order valence-electron chi connectivity index (χ3n) is 5.28. The lowest BCUT2D eigenvalue weighted by Crippen LogP contribution is -2.42. The lowest BCUT2D eigenvalue weighted by Gasteiger charge is -2.32. The fourth-order valence-corrected chi connectivity index (χ4v) is 3.81. The molecule has 0 aliphatic rings. The number of carbonyl (C=O) groups is 3. The Labute approximate surface area is 217 Å². The van der Waals surface area contributed by atoms with E-state index in [1.807, 2.05) is 34.6 Å². The monoisotopic (exact) mass is 518 g/mol. The van der Waals surface area contributed by atoms with Crippen molar-refractivity contribution in [2.24, 2.45) is 10.8 Å². The van der Waals surface area contributed by atoms with Crippen LogP contribution in [0.3, 0.4) is 0 Å². The van der Waals surface area contributed by atoms with Crippen LogP contribution in [0.15, 0.2) is 0 Å². The zero-order valence-electron chi connectivity index (χ0n) is 24.5. The number of ether oxygens (including phenoxy) is 6. The first kappa shape index (κ1) is 34.3. The molecule has 9 heteroatoms. The molecule has 3 atom stereocenters. The molecule has 0 saturated carbocycles. The van der Waals surface area contributed by atoms with Crippen LogP contribution in [-0.2, 0) is 42.8 Å². The summed E-state index contributed by atoms with van der Waals surface area (Å²) in [7, 11) is 0. The van der Waals surface area contributed by atoms with Gasteiger partial charge in [-0.3, -0.25) is 9.59 Å². The van der Waals surface area contributed by atoms with Gasteiger partial charge in [0, 0.05) is 6.61 Å². The molecule has 0 amide bonds. The van der Waals surface area contributed by atoms with Crippen LogP contribution < -0.4 is 0 Å². The highest BCUT2D eigenvalue weighted by Crippen LogP contribution is 2.36. The van der Waals surface area contributed by atoms with Gasteiger partial charge in [-0.15, -0.1) is 0 Å². The van der Waals surface area contributed by atoms with Gasteiger partial charge in [0.05, 0.1) is 35.2 Å². The Kier molecular flexibility index (Phi) is 14.2. The van der Waals surface area contributed by atoms with Crippen LogP contribution >= 0.6 is 0 Å². The molecule has 0 spiro atoms. The van der Waals surface area contributed by atoms with Crippen molar-refractivity contribution in [3.63, 3.8) is 0 Å². The van der Waals surface area contributed by atoms with Crippen LogP contribution in [0.2, 0.25) is 0 Å². The van der Waals surface area contributed by atoms with Gasteiger partial charge in [-0.2, -0.15) is 0 Å². The second kappa shape index (κ2) is 14.9. The number of hydrogen-bond acceptors (Lipinski definition) is 9. The molecule has 0 N–H and O–H groups in total. The number of esters is 3. The van der Waals surface area contributed by atoms with Crippen molar-refractivity contribution in [3.8, 4) is 0 Å². The number of carbonyl (C=O) groups excluding carboxylic acids is 3. The van der Waals surface area contributed by atoms with Gasteiger partial charge in [0.1, 0.15) is 19.8 Å². The van der Waals surface area contributed by atoms with Crippen molar-refractivity contribution in [3.05, 3.63) is 0 Å². The van der Waals surface area contributed by atoms with Crippen LogP contribution in [0.4, 0.5) is 0 Å². The van der Waals surface area contributed by atoms with Crippen LogP contribution in [0.25, 0.3) is 0 Å². The van der Waals surface area contributed by atoms with E-state index < -0.39 is 40.4 Å². The third kappa shape index (κ3) is 13.0. The summed E-state index contributed by atoms with van der Waals surface area (Å²) in [6.07, 6.45) is -0.742. The van der Waals surface area contributed by atoms with Gasteiger partial charge in [0.2, 0.25) is 0 Å². The first-order chi connectivity index (χ1) is 16.3. The van der Waals surface area contributed by atoms with E-state index in [0.717, 1.165) is 0 Å². The molecule has 0 fully saturated rings. The summed E-state index contributed by atoms with van der Waals surface area (Å²) in [5.41, 5.74) is -3.09. The number of hydrogen-bond donors (Lipinski definition) is 0. The molecule has 0 aliphatic carbocycles. The van der Waals surface area contributed by atoms with Crippen molar-refractivity contribution >= 4 is 17.9 Å². The quantitative estimate of drug-likeness (QED) is 0.203. The van der Waals surface area contributed by atoms with Gasteiger partial charge < -0.3 is 28.4 Å². The fourth-order valence-electron chi connectivity index (χ4n) is 3.81. The Morgan fingerprint density at radius 2 is 1.06 bits per heavy atom. The van der Waals surface area contributed by atoms with Gasteiger partial charge in [-0.25, -0.2) is 4.79 Å². The van der Waals surface area contributed by atoms with E-state index in [2.05, 4.69) is 0 Å². The highest BCUT2D eigenvalue weighted by Gasteiger charge is 2.41. The molecule has 0 aliphatic heterocycles. The maximum Gasteiger partial charge on any atom is 0.337 e. The summed E-state index contributed by atoms with van der Waals surface area (Å²) >= 11 is 0. The summed E-state index contributed by atoms with van der Waals surface area (Å²) in [6.45, 7) is 21.9. The van der Waals surface area contributed by atoms with Gasteiger partial charge in [-0.05, 0) is 89.5 Å². The molecular weight excluding hydrogens is 468 g/mol. The Morgan fingerprint density at radius 1 is 0.639 bits per heavy atom. The van der Waals surface area contributed by atoms with Crippen molar-refractivity contribution < 1.29 is 42.8 Å². The van der Waals surface area contributed by atoms with E-state index in [1.54, 1.807) is 48.5 Å². The molecule has 0 rings (SSSR count). The molecule has 0 bridgehead atoms. The zero-order chi connectivity index (χ0) is 28.3. The largest absolute Gasteiger partial charge is 0.463 e. The fraction of sp³-hybridized carbons (Fsp3) is 0.889. The Bertz CT molecular complexity index is 697. The van der Waals surface area contributed by atoms with Crippen LogP contribution in [0, 0.1) is 10.8 Å². The van der Waals surface area contributed by atoms with Crippen molar-refractivity contribution in [1.29, 1.82) is 0 Å². The Balaban J connectivity index is 4.77. The smallest absolute Gasteiger partial charge is 0.337 e. The lowest BCUT2D eigenvalue weighted by atomic mass is 9.75. The molecule has 0 saturated heterocycles. The Hall–Kier alpha value is -1.71. The summed E-state index contributed by atoms with van der Waals surface area (Å²) < 4.78 is 33.0. The van der Waals surface area contributed by atoms with Crippen molar-refractivity contribution in [2.45, 2.75) is 120 Å². The minimum absolute atomic E-state index is 0.0298. The third-order valence-corrected chi connectivity index (χ3v) is 5.28. The predicted molar refractivity (Wildman–Crippen MR) is 136 cm³/mol. The average molecular weight is 519 g/mol. The van der Waals surface area contributed by atoms with Gasteiger partial charge >= 0.3 is 17.9 Å². The Morgan fingerprint density at radius 3 is 1.50 bits per heavy atom. The minimum Gasteiger partial charge on any atom is -0.463 e. The molecule has 9 nitrogen and oxygen atoms in total. The zero-order valence-corrected chi connectivity index (χ0v) is 24.5. The van der Waals surface area contributed by atoms with E-state index in [-0.39, 0.29) is 44.6 Å². The van der Waals surface area contributed by atoms with E-state index in [4.69, 9.17) is 28.4 Å². The van der Waals surface area contributed by atoms with Crippen molar-refractivity contribution in [1.82, 2.24) is 0 Å². The summed E-state index contributed by atoms with van der Waals surface area (Å²) in [5.74, 6) is -1.40. The van der Waals surface area contributed by atoms with E-state index in [9.17, 15) is 14.4 Å². The highest BCUT2D eigenvalue weighted by atomic mass is 16.6. The van der Waals surface area contributed by atoms with Gasteiger partial charge in [0.15, 0.2) is 5.60 Å². The van der Waals surface area contributed by atoms with Gasteiger partial charge in [-0.1, -0.05) is 0 Å². The predicted octanol–water partition coefficient (Wildman–Crippen LogP) is 4.48. The standard InChI is InChI=1S/C27H50O9/c1-13-31-19(4)14-32-22(28)25(7,8)17-26(9,10)23(29)33-16-21(6)36-27(11,12)24(30)34-15-20(5)35-18(2)3/h18-21H,13-17H2,1-12H3. The molecule has 0 aromatic heterocycles. The number of rotatable bonds is 17. The normalized spacial score (nSPS) is 15.2. The summed E-state index contributed by atoms with van der Waals surface area (Å²) in [4.78, 5) is 37.9. The first-order valence-corrected chi connectivity index (χ1v) is 12.8. The highest BCUT2D eigenvalue weighted by molar-refractivity contribution is 5.80. The van der Waals surface area contributed by atoms with E-state index in [1.165, 1.54) is 0 Å².